The number of para-hydroxylation sites is 1. The third kappa shape index (κ3) is 3.46. The fourth-order valence-electron chi connectivity index (χ4n) is 3.24. The lowest BCUT2D eigenvalue weighted by Gasteiger charge is -2.16. The molecule has 4 nitrogen and oxygen atoms in total. The van der Waals surface area contributed by atoms with Crippen molar-refractivity contribution in [3.05, 3.63) is 100 Å². The minimum absolute atomic E-state index is 0.0429. The summed E-state index contributed by atoms with van der Waals surface area (Å²) in [7, 11) is 0. The lowest BCUT2D eigenvalue weighted by Crippen LogP contribution is -2.32. The van der Waals surface area contributed by atoms with E-state index >= 15 is 0 Å². The molecule has 0 atom stereocenters. The third-order valence-corrected chi connectivity index (χ3v) is 5.07. The number of carbonyl (C=O) groups excluding carboxylic acids is 2. The first-order valence-corrected chi connectivity index (χ1v) is 9.41. The van der Waals surface area contributed by atoms with Gasteiger partial charge >= 0.3 is 0 Å². The molecule has 3 aromatic rings. The number of aryl methyl sites for hydroxylation is 1. The Balaban J connectivity index is 1.84. The van der Waals surface area contributed by atoms with Crippen molar-refractivity contribution >= 4 is 40.4 Å². The Morgan fingerprint density at radius 1 is 0.900 bits per heavy atom. The molecule has 2 amide bonds. The maximum Gasteiger partial charge on any atom is 0.282 e. The van der Waals surface area contributed by atoms with Gasteiger partial charge in [0.1, 0.15) is 17.3 Å². The minimum atomic E-state index is -0.663. The SMILES string of the molecule is Cc1ccccc1NC1=C(c2ccc(F)cc2)C(=O)N(c2ccc(F)c(Cl)c2)C1=O. The lowest BCUT2D eigenvalue weighted by atomic mass is 10.0. The average Bonchev–Trinajstić information content (AvgIpc) is 2.96. The van der Waals surface area contributed by atoms with Crippen LogP contribution in [-0.4, -0.2) is 11.8 Å². The molecule has 30 heavy (non-hydrogen) atoms. The second-order valence-corrected chi connectivity index (χ2v) is 7.15. The predicted octanol–water partition coefficient (Wildman–Crippen LogP) is 5.32. The van der Waals surface area contributed by atoms with Crippen LogP contribution in [0.4, 0.5) is 20.2 Å². The molecule has 0 radical (unpaired) electrons. The van der Waals surface area contributed by atoms with Crippen molar-refractivity contribution in [1.82, 2.24) is 0 Å². The van der Waals surface area contributed by atoms with Crippen LogP contribution in [0.1, 0.15) is 11.1 Å². The number of hydrogen-bond donors (Lipinski definition) is 1. The van der Waals surface area contributed by atoms with E-state index in [-0.39, 0.29) is 22.0 Å². The number of carbonyl (C=O) groups is 2. The van der Waals surface area contributed by atoms with Crippen LogP contribution < -0.4 is 10.2 Å². The van der Waals surface area contributed by atoms with Crippen LogP contribution in [0.3, 0.4) is 0 Å². The number of nitrogens with zero attached hydrogens (tertiary/aromatic N) is 1. The van der Waals surface area contributed by atoms with Crippen LogP contribution in [0.5, 0.6) is 0 Å². The van der Waals surface area contributed by atoms with E-state index in [9.17, 15) is 18.4 Å². The molecule has 0 bridgehead atoms. The molecule has 0 saturated carbocycles. The maximum absolute atomic E-state index is 13.6. The molecular weight excluding hydrogens is 410 g/mol. The van der Waals surface area contributed by atoms with Crippen LogP contribution >= 0.6 is 11.6 Å². The number of nitrogens with one attached hydrogen (secondary N) is 1. The molecule has 1 heterocycles. The second kappa shape index (κ2) is 7.72. The van der Waals surface area contributed by atoms with Crippen molar-refractivity contribution in [2.24, 2.45) is 0 Å². The normalized spacial score (nSPS) is 13.9. The van der Waals surface area contributed by atoms with Gasteiger partial charge in [-0.05, 0) is 54.4 Å². The summed E-state index contributed by atoms with van der Waals surface area (Å²) in [5, 5.41) is 2.83. The molecule has 150 valence electrons. The number of hydrogen-bond acceptors (Lipinski definition) is 3. The number of halogens is 3. The molecular formula is C23H15ClF2N2O2. The number of benzene rings is 3. The largest absolute Gasteiger partial charge is 0.350 e. The molecule has 3 aromatic carbocycles. The van der Waals surface area contributed by atoms with Crippen LogP contribution in [0.2, 0.25) is 5.02 Å². The molecule has 0 unspecified atom stereocenters. The highest BCUT2D eigenvalue weighted by molar-refractivity contribution is 6.46. The molecule has 0 spiro atoms. The molecule has 0 aliphatic carbocycles. The second-order valence-electron chi connectivity index (χ2n) is 6.74. The zero-order chi connectivity index (χ0) is 21.4. The van der Waals surface area contributed by atoms with Gasteiger partial charge in [0.05, 0.1) is 16.3 Å². The van der Waals surface area contributed by atoms with E-state index in [0.717, 1.165) is 16.5 Å². The first-order chi connectivity index (χ1) is 14.4. The fourth-order valence-corrected chi connectivity index (χ4v) is 3.41. The van der Waals surface area contributed by atoms with Gasteiger partial charge in [0, 0.05) is 5.69 Å². The van der Waals surface area contributed by atoms with Gasteiger partial charge < -0.3 is 5.32 Å². The van der Waals surface area contributed by atoms with Crippen LogP contribution in [0.15, 0.2) is 72.4 Å². The van der Waals surface area contributed by atoms with Gasteiger partial charge in [0.25, 0.3) is 11.8 Å². The van der Waals surface area contributed by atoms with Gasteiger partial charge in [0.15, 0.2) is 0 Å². The summed E-state index contributed by atoms with van der Waals surface area (Å²) >= 11 is 5.85. The predicted molar refractivity (Wildman–Crippen MR) is 112 cm³/mol. The molecule has 0 fully saturated rings. The van der Waals surface area contributed by atoms with E-state index < -0.39 is 23.4 Å². The van der Waals surface area contributed by atoms with Crippen LogP contribution in [0.25, 0.3) is 5.57 Å². The van der Waals surface area contributed by atoms with Crippen molar-refractivity contribution < 1.29 is 18.4 Å². The monoisotopic (exact) mass is 424 g/mol. The fraction of sp³-hybridized carbons (Fsp3) is 0.0435. The number of anilines is 2. The van der Waals surface area contributed by atoms with Crippen LogP contribution in [0, 0.1) is 18.6 Å². The van der Waals surface area contributed by atoms with Gasteiger partial charge in [-0.2, -0.15) is 0 Å². The molecule has 1 aliphatic rings. The van der Waals surface area contributed by atoms with Gasteiger partial charge in [-0.1, -0.05) is 41.9 Å². The van der Waals surface area contributed by atoms with Gasteiger partial charge in [-0.3, -0.25) is 9.59 Å². The number of imide groups is 1. The Hall–Kier alpha value is -3.51. The Labute approximate surface area is 176 Å². The first kappa shape index (κ1) is 19.8. The van der Waals surface area contributed by atoms with Gasteiger partial charge in [-0.25, -0.2) is 13.7 Å². The van der Waals surface area contributed by atoms with Crippen molar-refractivity contribution in [3.8, 4) is 0 Å². The Kier molecular flexibility index (Phi) is 5.10. The third-order valence-electron chi connectivity index (χ3n) is 4.78. The minimum Gasteiger partial charge on any atom is -0.350 e. The molecule has 0 aromatic heterocycles. The number of amides is 2. The van der Waals surface area contributed by atoms with Crippen molar-refractivity contribution in [3.63, 3.8) is 0 Å². The standard InChI is InChI=1S/C23H15ClF2N2O2/c1-13-4-2-3-5-19(13)27-21-20(14-6-8-15(25)9-7-14)22(29)28(23(21)30)16-10-11-18(26)17(24)12-16/h2-12,27H,1H3. The van der Waals surface area contributed by atoms with Crippen molar-refractivity contribution in [2.75, 3.05) is 10.2 Å². The summed E-state index contributed by atoms with van der Waals surface area (Å²) in [6, 6.07) is 16.2. The average molecular weight is 425 g/mol. The topological polar surface area (TPSA) is 49.4 Å². The van der Waals surface area contributed by atoms with Crippen molar-refractivity contribution in [2.45, 2.75) is 6.92 Å². The highest BCUT2D eigenvalue weighted by Crippen LogP contribution is 2.35. The summed E-state index contributed by atoms with van der Waals surface area (Å²) in [5.41, 5.74) is 2.16. The maximum atomic E-state index is 13.6. The van der Waals surface area contributed by atoms with E-state index in [1.807, 2.05) is 19.1 Å². The van der Waals surface area contributed by atoms with E-state index in [0.29, 0.717) is 11.3 Å². The van der Waals surface area contributed by atoms with Crippen molar-refractivity contribution in [1.29, 1.82) is 0 Å². The van der Waals surface area contributed by atoms with Crippen LogP contribution in [-0.2, 0) is 9.59 Å². The van der Waals surface area contributed by atoms with E-state index in [4.69, 9.17) is 11.6 Å². The number of rotatable bonds is 4. The highest BCUT2D eigenvalue weighted by Gasteiger charge is 2.40. The molecule has 0 saturated heterocycles. The Morgan fingerprint density at radius 2 is 1.60 bits per heavy atom. The summed E-state index contributed by atoms with van der Waals surface area (Å²) in [4.78, 5) is 27.4. The summed E-state index contributed by atoms with van der Waals surface area (Å²) in [5.74, 6) is -2.37. The zero-order valence-corrected chi connectivity index (χ0v) is 16.5. The molecule has 7 heteroatoms. The molecule has 1 N–H and O–H groups in total. The molecule has 4 rings (SSSR count). The Morgan fingerprint density at radius 3 is 2.27 bits per heavy atom. The first-order valence-electron chi connectivity index (χ1n) is 9.03. The van der Waals surface area contributed by atoms with E-state index in [1.54, 1.807) is 12.1 Å². The summed E-state index contributed by atoms with van der Waals surface area (Å²) < 4.78 is 27.0. The van der Waals surface area contributed by atoms with Gasteiger partial charge in [0.2, 0.25) is 0 Å². The summed E-state index contributed by atoms with van der Waals surface area (Å²) in [6.07, 6.45) is 0. The quantitative estimate of drug-likeness (QED) is 0.576. The lowest BCUT2D eigenvalue weighted by molar-refractivity contribution is -0.120. The Bertz CT molecular complexity index is 1210. The van der Waals surface area contributed by atoms with Gasteiger partial charge in [-0.15, -0.1) is 0 Å². The van der Waals surface area contributed by atoms with E-state index in [2.05, 4.69) is 5.32 Å². The highest BCUT2D eigenvalue weighted by atomic mass is 35.5. The molecule has 1 aliphatic heterocycles. The summed E-state index contributed by atoms with van der Waals surface area (Å²) in [6.45, 7) is 1.86. The smallest absolute Gasteiger partial charge is 0.282 e. The van der Waals surface area contributed by atoms with E-state index in [1.165, 1.54) is 36.4 Å². The zero-order valence-electron chi connectivity index (χ0n) is 15.7.